The van der Waals surface area contributed by atoms with E-state index in [0.29, 0.717) is 6.61 Å². The zero-order valence-electron chi connectivity index (χ0n) is 19.3. The molecule has 4 nitrogen and oxygen atoms in total. The molecule has 0 aliphatic carbocycles. The van der Waals surface area contributed by atoms with Gasteiger partial charge in [0.05, 0.1) is 13.2 Å². The van der Waals surface area contributed by atoms with Crippen molar-refractivity contribution in [3.05, 3.63) is 12.2 Å². The quantitative estimate of drug-likeness (QED) is 0.121. The number of hydrogen-bond acceptors (Lipinski definition) is 4. The van der Waals surface area contributed by atoms with Gasteiger partial charge in [-0.3, -0.25) is 4.79 Å². The molecule has 4 heteroatoms. The lowest BCUT2D eigenvalue weighted by atomic mass is 10.1. The molecule has 0 spiro atoms. The van der Waals surface area contributed by atoms with Gasteiger partial charge < -0.3 is 14.6 Å². The third-order valence-corrected chi connectivity index (χ3v) is 5.14. The summed E-state index contributed by atoms with van der Waals surface area (Å²) in [6.45, 7) is 4.38. The first kappa shape index (κ1) is 28.1. The van der Waals surface area contributed by atoms with Crippen LogP contribution >= 0.6 is 0 Å². The standard InChI is InChI=1S/C25H48O4/c1-3-4-5-6-7-8-9-10-11-12-13-14-15-16-17-18-19-20-21-28-23-25(22-26)29-24(2)27/h10-11,25-26H,3-9,12-23H2,1-2H3/b11-10-. The van der Waals surface area contributed by atoms with E-state index in [-0.39, 0.29) is 19.2 Å². The summed E-state index contributed by atoms with van der Waals surface area (Å²) in [6.07, 6.45) is 25.2. The van der Waals surface area contributed by atoms with Crippen LogP contribution in [0.1, 0.15) is 117 Å². The molecule has 172 valence electrons. The van der Waals surface area contributed by atoms with Gasteiger partial charge in [0.1, 0.15) is 6.10 Å². The average molecular weight is 413 g/mol. The van der Waals surface area contributed by atoms with Crippen LogP contribution in [0, 0.1) is 0 Å². The van der Waals surface area contributed by atoms with Crippen LogP contribution in [0.25, 0.3) is 0 Å². The minimum atomic E-state index is -0.530. The number of aliphatic hydroxyl groups excluding tert-OH is 1. The molecule has 0 saturated heterocycles. The maximum atomic E-state index is 10.8. The summed E-state index contributed by atoms with van der Waals surface area (Å²) >= 11 is 0. The maximum absolute atomic E-state index is 10.8. The van der Waals surface area contributed by atoms with Crippen molar-refractivity contribution in [2.24, 2.45) is 0 Å². The molecule has 1 atom stereocenters. The van der Waals surface area contributed by atoms with E-state index in [1.807, 2.05) is 0 Å². The lowest BCUT2D eigenvalue weighted by molar-refractivity contribution is -0.152. The van der Waals surface area contributed by atoms with Crippen LogP contribution in [-0.2, 0) is 14.3 Å². The maximum Gasteiger partial charge on any atom is 0.303 e. The molecule has 0 aromatic rings. The van der Waals surface area contributed by atoms with Crippen molar-refractivity contribution in [1.29, 1.82) is 0 Å². The third kappa shape index (κ3) is 23.3. The smallest absolute Gasteiger partial charge is 0.303 e. The van der Waals surface area contributed by atoms with Crippen molar-refractivity contribution in [3.8, 4) is 0 Å². The van der Waals surface area contributed by atoms with Crippen molar-refractivity contribution >= 4 is 5.97 Å². The Bertz CT molecular complexity index is 368. The number of rotatable bonds is 22. The Morgan fingerprint density at radius 2 is 1.28 bits per heavy atom. The molecule has 0 radical (unpaired) electrons. The highest BCUT2D eigenvalue weighted by Gasteiger charge is 2.10. The molecule has 0 amide bonds. The largest absolute Gasteiger partial charge is 0.458 e. The molecule has 0 aromatic heterocycles. The molecule has 1 N–H and O–H groups in total. The van der Waals surface area contributed by atoms with Crippen LogP contribution in [0.2, 0.25) is 0 Å². The number of carbonyl (C=O) groups is 1. The first-order valence-electron chi connectivity index (χ1n) is 12.2. The van der Waals surface area contributed by atoms with Crippen LogP contribution < -0.4 is 0 Å². The van der Waals surface area contributed by atoms with Gasteiger partial charge in [0.25, 0.3) is 0 Å². The van der Waals surface area contributed by atoms with Gasteiger partial charge in [0.2, 0.25) is 0 Å². The third-order valence-electron chi connectivity index (χ3n) is 5.14. The molecular weight excluding hydrogens is 364 g/mol. The first-order chi connectivity index (χ1) is 14.2. The Morgan fingerprint density at radius 1 is 0.793 bits per heavy atom. The van der Waals surface area contributed by atoms with E-state index >= 15 is 0 Å². The summed E-state index contributed by atoms with van der Waals surface area (Å²) in [6, 6.07) is 0. The fourth-order valence-corrected chi connectivity index (χ4v) is 3.38. The van der Waals surface area contributed by atoms with Gasteiger partial charge in [-0.05, 0) is 32.1 Å². The molecule has 0 fully saturated rings. The summed E-state index contributed by atoms with van der Waals surface area (Å²) in [4.78, 5) is 10.8. The van der Waals surface area contributed by atoms with Crippen molar-refractivity contribution in [3.63, 3.8) is 0 Å². The van der Waals surface area contributed by atoms with Gasteiger partial charge >= 0.3 is 5.97 Å². The molecule has 0 aromatic carbocycles. The second-order valence-electron chi connectivity index (χ2n) is 8.13. The Hall–Kier alpha value is -0.870. The Labute approximate surface area is 180 Å². The van der Waals surface area contributed by atoms with E-state index in [9.17, 15) is 4.79 Å². The minimum absolute atomic E-state index is 0.186. The van der Waals surface area contributed by atoms with Crippen LogP contribution in [0.4, 0.5) is 0 Å². The Morgan fingerprint density at radius 3 is 1.76 bits per heavy atom. The lowest BCUT2D eigenvalue weighted by Crippen LogP contribution is -2.26. The Balaban J connectivity index is 3.20. The highest BCUT2D eigenvalue weighted by molar-refractivity contribution is 5.66. The number of carbonyl (C=O) groups excluding carboxylic acids is 1. The van der Waals surface area contributed by atoms with E-state index in [2.05, 4.69) is 19.1 Å². The van der Waals surface area contributed by atoms with E-state index < -0.39 is 6.10 Å². The van der Waals surface area contributed by atoms with Gasteiger partial charge in [0.15, 0.2) is 0 Å². The van der Waals surface area contributed by atoms with Gasteiger partial charge in [-0.1, -0.05) is 89.7 Å². The number of esters is 1. The molecule has 0 aliphatic rings. The second-order valence-corrected chi connectivity index (χ2v) is 8.13. The van der Waals surface area contributed by atoms with Crippen molar-refractivity contribution in [2.75, 3.05) is 19.8 Å². The molecule has 29 heavy (non-hydrogen) atoms. The predicted octanol–water partition coefficient (Wildman–Crippen LogP) is 6.74. The molecule has 0 rings (SSSR count). The topological polar surface area (TPSA) is 55.8 Å². The number of allylic oxidation sites excluding steroid dienone is 2. The number of hydrogen-bond donors (Lipinski definition) is 1. The molecule has 1 unspecified atom stereocenters. The van der Waals surface area contributed by atoms with Crippen molar-refractivity contribution in [1.82, 2.24) is 0 Å². The molecule has 0 aliphatic heterocycles. The summed E-state index contributed by atoms with van der Waals surface area (Å²) < 4.78 is 10.4. The zero-order valence-corrected chi connectivity index (χ0v) is 19.3. The second kappa shape index (κ2) is 23.4. The number of aliphatic hydroxyl groups is 1. The van der Waals surface area contributed by atoms with E-state index in [1.165, 1.54) is 103 Å². The minimum Gasteiger partial charge on any atom is -0.458 e. The van der Waals surface area contributed by atoms with Gasteiger partial charge in [-0.15, -0.1) is 0 Å². The predicted molar refractivity (Wildman–Crippen MR) is 122 cm³/mol. The zero-order chi connectivity index (χ0) is 21.4. The summed E-state index contributed by atoms with van der Waals surface area (Å²) in [5.41, 5.74) is 0. The van der Waals surface area contributed by atoms with Crippen LogP contribution in [0.3, 0.4) is 0 Å². The van der Waals surface area contributed by atoms with E-state index in [0.717, 1.165) is 6.42 Å². The summed E-state index contributed by atoms with van der Waals surface area (Å²) in [5, 5.41) is 9.07. The van der Waals surface area contributed by atoms with Gasteiger partial charge in [0, 0.05) is 13.5 Å². The van der Waals surface area contributed by atoms with E-state index in [4.69, 9.17) is 14.6 Å². The molecule has 0 saturated carbocycles. The van der Waals surface area contributed by atoms with Crippen molar-refractivity contribution in [2.45, 2.75) is 123 Å². The molecule has 0 heterocycles. The molecular formula is C25H48O4. The lowest BCUT2D eigenvalue weighted by Gasteiger charge is -2.14. The van der Waals surface area contributed by atoms with Gasteiger partial charge in [-0.2, -0.15) is 0 Å². The highest BCUT2D eigenvalue weighted by atomic mass is 16.6. The monoisotopic (exact) mass is 412 g/mol. The van der Waals surface area contributed by atoms with Crippen LogP contribution in [0.15, 0.2) is 12.2 Å². The molecule has 0 bridgehead atoms. The first-order valence-corrected chi connectivity index (χ1v) is 12.2. The number of unbranched alkanes of at least 4 members (excludes halogenated alkanes) is 14. The van der Waals surface area contributed by atoms with Gasteiger partial charge in [-0.25, -0.2) is 0 Å². The van der Waals surface area contributed by atoms with Crippen LogP contribution in [-0.4, -0.2) is 37.0 Å². The highest BCUT2D eigenvalue weighted by Crippen LogP contribution is 2.11. The summed E-state index contributed by atoms with van der Waals surface area (Å²) in [7, 11) is 0. The number of ether oxygens (including phenoxy) is 2. The average Bonchev–Trinajstić information content (AvgIpc) is 2.71. The summed E-state index contributed by atoms with van der Waals surface area (Å²) in [5.74, 6) is -0.378. The SMILES string of the molecule is CCCCCCCC/C=C\CCCCCCCCCCOCC(CO)OC(C)=O. The van der Waals surface area contributed by atoms with E-state index in [1.54, 1.807) is 0 Å². The van der Waals surface area contributed by atoms with Crippen molar-refractivity contribution < 1.29 is 19.4 Å². The fraction of sp³-hybridized carbons (Fsp3) is 0.880. The van der Waals surface area contributed by atoms with Crippen LogP contribution in [0.5, 0.6) is 0 Å². The Kier molecular flexibility index (Phi) is 22.7. The normalized spacial score (nSPS) is 12.5. The fourth-order valence-electron chi connectivity index (χ4n) is 3.38.